The van der Waals surface area contributed by atoms with Gasteiger partial charge in [-0.15, -0.1) is 11.8 Å². The summed E-state index contributed by atoms with van der Waals surface area (Å²) in [5.41, 5.74) is 2.18. The van der Waals surface area contributed by atoms with Crippen LogP contribution < -0.4 is 0 Å². The monoisotopic (exact) mass is 282 g/mol. The number of thioether (sulfide) groups is 1. The van der Waals surface area contributed by atoms with Gasteiger partial charge in [-0.05, 0) is 42.7 Å². The lowest BCUT2D eigenvalue weighted by atomic mass is 9.81. The Morgan fingerprint density at radius 2 is 1.75 bits per heavy atom. The number of carbonyl (C=O) groups excluding carboxylic acids is 1. The minimum atomic E-state index is 0.209. The minimum absolute atomic E-state index is 0.209. The van der Waals surface area contributed by atoms with E-state index in [1.165, 1.54) is 10.5 Å². The molecule has 2 aromatic carbocycles. The van der Waals surface area contributed by atoms with Gasteiger partial charge in [0, 0.05) is 16.4 Å². The van der Waals surface area contributed by atoms with E-state index >= 15 is 0 Å². The number of benzene rings is 2. The van der Waals surface area contributed by atoms with Crippen LogP contribution in [0, 0.1) is 5.92 Å². The molecule has 102 valence electrons. The van der Waals surface area contributed by atoms with Crippen molar-refractivity contribution in [3.8, 4) is 0 Å². The summed E-state index contributed by atoms with van der Waals surface area (Å²) in [5, 5.41) is 0. The molecule has 0 aliphatic heterocycles. The summed E-state index contributed by atoms with van der Waals surface area (Å²) < 4.78 is 0. The quantitative estimate of drug-likeness (QED) is 0.761. The molecule has 0 heterocycles. The zero-order valence-corrected chi connectivity index (χ0v) is 12.2. The SMILES string of the molecule is O=C1c2ccccc2CCC1CCSc1ccccc1. The summed E-state index contributed by atoms with van der Waals surface area (Å²) in [5.74, 6) is 1.57. The fourth-order valence-electron chi connectivity index (χ4n) is 2.77. The van der Waals surface area contributed by atoms with E-state index in [0.29, 0.717) is 5.78 Å². The van der Waals surface area contributed by atoms with Crippen LogP contribution in [0.4, 0.5) is 0 Å². The van der Waals surface area contributed by atoms with Crippen LogP contribution in [0.2, 0.25) is 0 Å². The second-order valence-corrected chi connectivity index (χ2v) is 6.38. The predicted octanol–water partition coefficient (Wildman–Crippen LogP) is 4.61. The van der Waals surface area contributed by atoms with E-state index in [-0.39, 0.29) is 5.92 Å². The highest BCUT2D eigenvalue weighted by Gasteiger charge is 2.26. The van der Waals surface area contributed by atoms with Gasteiger partial charge in [-0.3, -0.25) is 4.79 Å². The van der Waals surface area contributed by atoms with Crippen LogP contribution in [0.15, 0.2) is 59.5 Å². The lowest BCUT2D eigenvalue weighted by Gasteiger charge is -2.23. The van der Waals surface area contributed by atoms with Crippen LogP contribution >= 0.6 is 11.8 Å². The van der Waals surface area contributed by atoms with Gasteiger partial charge < -0.3 is 0 Å². The number of aryl methyl sites for hydroxylation is 1. The summed E-state index contributed by atoms with van der Waals surface area (Å²) in [7, 11) is 0. The van der Waals surface area contributed by atoms with Gasteiger partial charge >= 0.3 is 0 Å². The van der Waals surface area contributed by atoms with Crippen molar-refractivity contribution in [2.24, 2.45) is 5.92 Å². The number of Topliss-reactive ketones (excluding diaryl/α,β-unsaturated/α-hetero) is 1. The van der Waals surface area contributed by atoms with Crippen LogP contribution in [0.25, 0.3) is 0 Å². The first-order chi connectivity index (χ1) is 9.84. The van der Waals surface area contributed by atoms with Crippen molar-refractivity contribution >= 4 is 17.5 Å². The maximum absolute atomic E-state index is 12.4. The van der Waals surface area contributed by atoms with E-state index in [4.69, 9.17) is 0 Å². The topological polar surface area (TPSA) is 17.1 Å². The Bertz CT molecular complexity index is 591. The molecule has 0 spiro atoms. The Hall–Kier alpha value is -1.54. The molecule has 1 nitrogen and oxygen atoms in total. The number of fused-ring (bicyclic) bond motifs is 1. The number of hydrogen-bond donors (Lipinski definition) is 0. The van der Waals surface area contributed by atoms with E-state index in [1.807, 2.05) is 36.0 Å². The predicted molar refractivity (Wildman–Crippen MR) is 84.4 cm³/mol. The van der Waals surface area contributed by atoms with E-state index in [1.54, 1.807) is 0 Å². The van der Waals surface area contributed by atoms with E-state index < -0.39 is 0 Å². The highest BCUT2D eigenvalue weighted by Crippen LogP contribution is 2.29. The average molecular weight is 282 g/mol. The van der Waals surface area contributed by atoms with Gasteiger partial charge in [0.1, 0.15) is 0 Å². The number of ketones is 1. The second kappa shape index (κ2) is 6.27. The third-order valence-electron chi connectivity index (χ3n) is 3.89. The molecule has 0 amide bonds. The maximum Gasteiger partial charge on any atom is 0.166 e. The molecule has 0 N–H and O–H groups in total. The first-order valence-corrected chi connectivity index (χ1v) is 8.13. The van der Waals surface area contributed by atoms with Gasteiger partial charge in [0.2, 0.25) is 0 Å². The number of carbonyl (C=O) groups is 1. The van der Waals surface area contributed by atoms with Gasteiger partial charge in [-0.25, -0.2) is 0 Å². The molecule has 20 heavy (non-hydrogen) atoms. The van der Waals surface area contributed by atoms with E-state index in [2.05, 4.69) is 30.3 Å². The van der Waals surface area contributed by atoms with Crippen molar-refractivity contribution in [3.05, 3.63) is 65.7 Å². The fraction of sp³-hybridized carbons (Fsp3) is 0.278. The Kier molecular flexibility index (Phi) is 4.22. The summed E-state index contributed by atoms with van der Waals surface area (Å²) >= 11 is 1.85. The smallest absolute Gasteiger partial charge is 0.166 e. The van der Waals surface area contributed by atoms with Crippen molar-refractivity contribution in [2.45, 2.75) is 24.2 Å². The third-order valence-corrected chi connectivity index (χ3v) is 4.94. The summed E-state index contributed by atoms with van der Waals surface area (Å²) in [4.78, 5) is 13.7. The molecule has 0 radical (unpaired) electrons. The molecule has 0 fully saturated rings. The molecule has 2 heteroatoms. The highest BCUT2D eigenvalue weighted by atomic mass is 32.2. The van der Waals surface area contributed by atoms with Crippen LogP contribution in [0.5, 0.6) is 0 Å². The van der Waals surface area contributed by atoms with Crippen molar-refractivity contribution < 1.29 is 4.79 Å². The largest absolute Gasteiger partial charge is 0.294 e. The molecule has 0 saturated heterocycles. The molecule has 0 saturated carbocycles. The molecule has 1 unspecified atom stereocenters. The highest BCUT2D eigenvalue weighted by molar-refractivity contribution is 7.99. The number of rotatable bonds is 4. The zero-order chi connectivity index (χ0) is 13.8. The molecular weight excluding hydrogens is 264 g/mol. The molecule has 3 rings (SSSR count). The Labute approximate surface area is 124 Å². The lowest BCUT2D eigenvalue weighted by molar-refractivity contribution is 0.0899. The van der Waals surface area contributed by atoms with Crippen LogP contribution in [-0.4, -0.2) is 11.5 Å². The minimum Gasteiger partial charge on any atom is -0.294 e. The molecule has 2 aromatic rings. The van der Waals surface area contributed by atoms with Gasteiger partial charge in [-0.2, -0.15) is 0 Å². The molecule has 0 aromatic heterocycles. The molecular formula is C18H18OS. The van der Waals surface area contributed by atoms with Crippen molar-refractivity contribution in [2.75, 3.05) is 5.75 Å². The summed E-state index contributed by atoms with van der Waals surface area (Å²) in [6, 6.07) is 18.5. The molecule has 1 atom stereocenters. The molecule has 1 aliphatic carbocycles. The standard InChI is InChI=1S/C18H18OS/c19-18-15(11-10-14-6-4-5-9-17(14)18)12-13-20-16-7-2-1-3-8-16/h1-9,15H,10-13H2. The van der Waals surface area contributed by atoms with Gasteiger partial charge in [-0.1, -0.05) is 42.5 Å². The van der Waals surface area contributed by atoms with Crippen molar-refractivity contribution in [1.29, 1.82) is 0 Å². The van der Waals surface area contributed by atoms with Crippen molar-refractivity contribution in [1.82, 2.24) is 0 Å². The normalized spacial score (nSPS) is 17.8. The van der Waals surface area contributed by atoms with Gasteiger partial charge in [0.05, 0.1) is 0 Å². The lowest BCUT2D eigenvalue weighted by Crippen LogP contribution is -2.23. The Morgan fingerprint density at radius 3 is 2.60 bits per heavy atom. The fourth-order valence-corrected chi connectivity index (χ4v) is 3.76. The summed E-state index contributed by atoms with van der Waals surface area (Å²) in [6.45, 7) is 0. The molecule has 0 bridgehead atoms. The third kappa shape index (κ3) is 2.96. The molecule has 1 aliphatic rings. The van der Waals surface area contributed by atoms with Crippen molar-refractivity contribution in [3.63, 3.8) is 0 Å². The van der Waals surface area contributed by atoms with Crippen LogP contribution in [0.1, 0.15) is 28.8 Å². The maximum atomic E-state index is 12.4. The van der Waals surface area contributed by atoms with Gasteiger partial charge in [0.15, 0.2) is 5.78 Å². The van der Waals surface area contributed by atoms with Gasteiger partial charge in [0.25, 0.3) is 0 Å². The van der Waals surface area contributed by atoms with E-state index in [0.717, 1.165) is 30.6 Å². The summed E-state index contributed by atoms with van der Waals surface area (Å²) in [6.07, 6.45) is 3.03. The first-order valence-electron chi connectivity index (χ1n) is 7.14. The van der Waals surface area contributed by atoms with E-state index in [9.17, 15) is 4.79 Å². The van der Waals surface area contributed by atoms with Crippen LogP contribution in [-0.2, 0) is 6.42 Å². The first kappa shape index (κ1) is 13.4. The number of hydrogen-bond acceptors (Lipinski definition) is 2. The Balaban J connectivity index is 1.58. The van der Waals surface area contributed by atoms with Crippen LogP contribution in [0.3, 0.4) is 0 Å². The Morgan fingerprint density at radius 1 is 1.00 bits per heavy atom. The zero-order valence-electron chi connectivity index (χ0n) is 11.4. The second-order valence-electron chi connectivity index (χ2n) is 5.21. The average Bonchev–Trinajstić information content (AvgIpc) is 2.51.